The molecule has 0 saturated heterocycles. The lowest BCUT2D eigenvalue weighted by Crippen LogP contribution is -2.07. The molecule has 0 N–H and O–H groups in total. The van der Waals surface area contributed by atoms with Crippen LogP contribution in [0.1, 0.15) is 44.6 Å². The fourth-order valence-electron chi connectivity index (χ4n) is 3.06. The number of carbonyl (C=O) groups excluding carboxylic acids is 1. The van der Waals surface area contributed by atoms with Gasteiger partial charge in [-0.05, 0) is 55.7 Å². The summed E-state index contributed by atoms with van der Waals surface area (Å²) < 4.78 is 15.8. The largest absolute Gasteiger partial charge is 0.493 e. The van der Waals surface area contributed by atoms with E-state index in [4.69, 9.17) is 14.2 Å². The quantitative estimate of drug-likeness (QED) is 0.686. The molecule has 1 aliphatic rings. The molecule has 0 aliphatic heterocycles. The summed E-state index contributed by atoms with van der Waals surface area (Å²) in [6, 6.07) is 6.15. The van der Waals surface area contributed by atoms with Crippen LogP contribution in [0.5, 0.6) is 11.5 Å². The zero-order valence-electron chi connectivity index (χ0n) is 13.9. The molecule has 1 aromatic rings. The van der Waals surface area contributed by atoms with Gasteiger partial charge in [-0.2, -0.15) is 0 Å². The van der Waals surface area contributed by atoms with E-state index in [9.17, 15) is 4.79 Å². The number of rotatable bonds is 8. The maximum absolute atomic E-state index is 11.5. The number of carbonyl (C=O) groups is 1. The molecular formula is C18H26O4. The highest BCUT2D eigenvalue weighted by Gasteiger charge is 2.44. The van der Waals surface area contributed by atoms with Crippen molar-refractivity contribution in [2.24, 2.45) is 11.8 Å². The first kappa shape index (κ1) is 16.7. The van der Waals surface area contributed by atoms with E-state index in [1.165, 1.54) is 12.7 Å². The summed E-state index contributed by atoms with van der Waals surface area (Å²) in [6.07, 6.45) is 3.02. The molecule has 1 saturated carbocycles. The van der Waals surface area contributed by atoms with Gasteiger partial charge < -0.3 is 14.2 Å². The lowest BCUT2D eigenvalue weighted by atomic mass is 9.90. The smallest absolute Gasteiger partial charge is 0.308 e. The summed E-state index contributed by atoms with van der Waals surface area (Å²) in [4.78, 5) is 11.5. The summed E-state index contributed by atoms with van der Waals surface area (Å²) in [7, 11) is 3.13. The van der Waals surface area contributed by atoms with Gasteiger partial charge in [0, 0.05) is 0 Å². The number of hydrogen-bond donors (Lipinski definition) is 0. The normalized spacial score (nSPS) is 21.1. The zero-order chi connectivity index (χ0) is 16.1. The van der Waals surface area contributed by atoms with Gasteiger partial charge in [0.15, 0.2) is 11.5 Å². The van der Waals surface area contributed by atoms with Crippen molar-refractivity contribution in [1.82, 2.24) is 0 Å². The van der Waals surface area contributed by atoms with Gasteiger partial charge in [0.05, 0.1) is 26.7 Å². The lowest BCUT2D eigenvalue weighted by molar-refractivity contribution is -0.142. The maximum Gasteiger partial charge on any atom is 0.308 e. The summed E-state index contributed by atoms with van der Waals surface area (Å²) >= 11 is 0. The Morgan fingerprint density at radius 3 is 2.64 bits per heavy atom. The van der Waals surface area contributed by atoms with Crippen LogP contribution < -0.4 is 9.47 Å². The maximum atomic E-state index is 11.5. The van der Waals surface area contributed by atoms with Crippen LogP contribution in [0, 0.1) is 11.8 Å². The third kappa shape index (κ3) is 3.73. The van der Waals surface area contributed by atoms with Crippen LogP contribution in [-0.4, -0.2) is 26.8 Å². The van der Waals surface area contributed by atoms with Crippen molar-refractivity contribution in [3.05, 3.63) is 23.8 Å². The SMILES string of the molecule is CCOc1ccc(C(CC)CC2CC2C(=O)OC)cc1OC. The van der Waals surface area contributed by atoms with E-state index < -0.39 is 0 Å². The highest BCUT2D eigenvalue weighted by atomic mass is 16.5. The predicted octanol–water partition coefficient (Wildman–Crippen LogP) is 3.79. The Balaban J connectivity index is 2.06. The molecule has 122 valence electrons. The highest BCUT2D eigenvalue weighted by molar-refractivity contribution is 5.75. The number of benzene rings is 1. The molecule has 2 rings (SSSR count). The number of ether oxygens (including phenoxy) is 3. The van der Waals surface area contributed by atoms with Gasteiger partial charge in [-0.3, -0.25) is 4.79 Å². The van der Waals surface area contributed by atoms with Crippen molar-refractivity contribution in [3.8, 4) is 11.5 Å². The standard InChI is InChI=1S/C18H26O4/c1-5-12(9-14-10-15(14)18(19)21-4)13-7-8-16(22-6-2)17(11-13)20-3/h7-8,11-12,14-15H,5-6,9-10H2,1-4H3. The molecular weight excluding hydrogens is 280 g/mol. The second-order valence-electron chi connectivity index (χ2n) is 5.81. The van der Waals surface area contributed by atoms with E-state index in [1.807, 2.05) is 13.0 Å². The Kier molecular flexibility index (Phi) is 5.69. The van der Waals surface area contributed by atoms with Crippen LogP contribution >= 0.6 is 0 Å². The molecule has 0 amide bonds. The van der Waals surface area contributed by atoms with Crippen molar-refractivity contribution in [1.29, 1.82) is 0 Å². The van der Waals surface area contributed by atoms with E-state index >= 15 is 0 Å². The first-order chi connectivity index (χ1) is 10.6. The van der Waals surface area contributed by atoms with Crippen LogP contribution in [-0.2, 0) is 9.53 Å². The van der Waals surface area contributed by atoms with E-state index in [2.05, 4.69) is 19.1 Å². The van der Waals surface area contributed by atoms with Gasteiger partial charge in [0.2, 0.25) is 0 Å². The molecule has 0 heterocycles. The molecule has 0 spiro atoms. The van der Waals surface area contributed by atoms with Crippen LogP contribution in [0.15, 0.2) is 18.2 Å². The van der Waals surface area contributed by atoms with Crippen LogP contribution in [0.4, 0.5) is 0 Å². The van der Waals surface area contributed by atoms with Gasteiger partial charge in [0.25, 0.3) is 0 Å². The van der Waals surface area contributed by atoms with E-state index in [1.54, 1.807) is 7.11 Å². The minimum absolute atomic E-state index is 0.0656. The van der Waals surface area contributed by atoms with Crippen molar-refractivity contribution in [2.75, 3.05) is 20.8 Å². The topological polar surface area (TPSA) is 44.8 Å². The van der Waals surface area contributed by atoms with E-state index in [0.29, 0.717) is 18.4 Å². The van der Waals surface area contributed by atoms with Gasteiger partial charge in [0.1, 0.15) is 0 Å². The molecule has 1 fully saturated rings. The van der Waals surface area contributed by atoms with Crippen molar-refractivity contribution in [3.63, 3.8) is 0 Å². The van der Waals surface area contributed by atoms with E-state index in [0.717, 1.165) is 30.8 Å². The van der Waals surface area contributed by atoms with Gasteiger partial charge >= 0.3 is 5.97 Å². The van der Waals surface area contributed by atoms with Crippen molar-refractivity contribution in [2.45, 2.75) is 39.0 Å². The molecule has 1 aromatic carbocycles. The number of hydrogen-bond acceptors (Lipinski definition) is 4. The van der Waals surface area contributed by atoms with Gasteiger partial charge in [-0.1, -0.05) is 13.0 Å². The number of esters is 1. The first-order valence-electron chi connectivity index (χ1n) is 8.03. The average Bonchev–Trinajstić information content (AvgIpc) is 3.32. The number of methoxy groups -OCH3 is 2. The van der Waals surface area contributed by atoms with Crippen molar-refractivity contribution >= 4 is 5.97 Å². The summed E-state index contributed by atoms with van der Waals surface area (Å²) in [5.74, 6) is 2.48. The van der Waals surface area contributed by atoms with Crippen LogP contribution in [0.25, 0.3) is 0 Å². The third-order valence-corrected chi connectivity index (χ3v) is 4.47. The molecule has 0 bridgehead atoms. The Morgan fingerprint density at radius 2 is 2.05 bits per heavy atom. The van der Waals surface area contributed by atoms with E-state index in [-0.39, 0.29) is 11.9 Å². The van der Waals surface area contributed by atoms with Crippen LogP contribution in [0.3, 0.4) is 0 Å². The molecule has 4 nitrogen and oxygen atoms in total. The minimum Gasteiger partial charge on any atom is -0.493 e. The second kappa shape index (κ2) is 7.52. The Labute approximate surface area is 132 Å². The molecule has 0 aromatic heterocycles. The molecule has 4 heteroatoms. The highest BCUT2D eigenvalue weighted by Crippen LogP contribution is 2.47. The average molecular weight is 306 g/mol. The fraction of sp³-hybridized carbons (Fsp3) is 0.611. The van der Waals surface area contributed by atoms with Gasteiger partial charge in [-0.15, -0.1) is 0 Å². The first-order valence-corrected chi connectivity index (χ1v) is 8.03. The molecule has 3 unspecified atom stereocenters. The summed E-state index contributed by atoms with van der Waals surface area (Å²) in [5, 5.41) is 0. The Bertz CT molecular complexity index is 512. The summed E-state index contributed by atoms with van der Waals surface area (Å²) in [5.41, 5.74) is 1.25. The molecule has 1 aliphatic carbocycles. The Hall–Kier alpha value is -1.71. The third-order valence-electron chi connectivity index (χ3n) is 4.47. The zero-order valence-corrected chi connectivity index (χ0v) is 13.9. The van der Waals surface area contributed by atoms with Crippen LogP contribution in [0.2, 0.25) is 0 Å². The monoisotopic (exact) mass is 306 g/mol. The summed E-state index contributed by atoms with van der Waals surface area (Å²) in [6.45, 7) is 4.77. The van der Waals surface area contributed by atoms with Crippen molar-refractivity contribution < 1.29 is 19.0 Å². The lowest BCUT2D eigenvalue weighted by Gasteiger charge is -2.18. The van der Waals surface area contributed by atoms with Gasteiger partial charge in [-0.25, -0.2) is 0 Å². The molecule has 0 radical (unpaired) electrons. The molecule has 22 heavy (non-hydrogen) atoms. The predicted molar refractivity (Wildman–Crippen MR) is 85.4 cm³/mol. The minimum atomic E-state index is -0.0656. The fourth-order valence-corrected chi connectivity index (χ4v) is 3.06. The molecule has 3 atom stereocenters. The second-order valence-corrected chi connectivity index (χ2v) is 5.81. The Morgan fingerprint density at radius 1 is 1.27 bits per heavy atom.